The minimum absolute atomic E-state index is 0.796. The molecule has 0 fully saturated rings. The lowest BCUT2D eigenvalue weighted by molar-refractivity contribution is 0.409. The van der Waals surface area contributed by atoms with Gasteiger partial charge in [0, 0.05) is 0 Å². The molecule has 218 valence electrons. The highest BCUT2D eigenvalue weighted by Gasteiger charge is 2.06. The van der Waals surface area contributed by atoms with Crippen LogP contribution in [0.5, 0.6) is 0 Å². The molecular weight excluding hydrogens is 434 g/mol. The van der Waals surface area contributed by atoms with E-state index in [1.807, 2.05) is 0 Å². The predicted octanol–water partition coefficient (Wildman–Crippen LogP) is 12.7. The summed E-state index contributed by atoms with van der Waals surface area (Å²) in [4.78, 5) is 0. The highest BCUT2D eigenvalue weighted by atomic mass is 14.5. The first kappa shape index (κ1) is 36.0. The summed E-state index contributed by atoms with van der Waals surface area (Å²) in [5.41, 5.74) is 6.09. The molecule has 0 bridgehead atoms. The van der Waals surface area contributed by atoms with Gasteiger partial charge in [-0.15, -0.1) is 0 Å². The third kappa shape index (κ3) is 30.2. The van der Waals surface area contributed by atoms with Crippen LogP contribution in [-0.4, -0.2) is 6.54 Å². The Balaban J connectivity index is 3.25. The maximum absolute atomic E-state index is 6.09. The summed E-state index contributed by atoms with van der Waals surface area (Å²) < 4.78 is 0. The van der Waals surface area contributed by atoms with Crippen molar-refractivity contribution >= 4 is 0 Å². The zero-order valence-electron chi connectivity index (χ0n) is 25.8. The Labute approximate surface area is 230 Å². The topological polar surface area (TPSA) is 26.0 Å². The van der Waals surface area contributed by atoms with Gasteiger partial charge in [-0.1, -0.05) is 200 Å². The van der Waals surface area contributed by atoms with Gasteiger partial charge in [0.15, 0.2) is 0 Å². The fraction of sp³-hybridized carbons (Fsp3) is 1.00. The van der Waals surface area contributed by atoms with Crippen LogP contribution < -0.4 is 5.73 Å². The summed E-state index contributed by atoms with van der Waals surface area (Å²) >= 11 is 0. The van der Waals surface area contributed by atoms with Crippen LogP contribution >= 0.6 is 0 Å². The van der Waals surface area contributed by atoms with E-state index in [0.29, 0.717) is 0 Å². The lowest BCUT2D eigenvalue weighted by atomic mass is 9.94. The summed E-state index contributed by atoms with van der Waals surface area (Å²) in [6, 6.07) is 0. The van der Waals surface area contributed by atoms with Crippen LogP contribution in [0.25, 0.3) is 0 Å². The van der Waals surface area contributed by atoms with Gasteiger partial charge in [-0.25, -0.2) is 0 Å². The van der Waals surface area contributed by atoms with Crippen molar-refractivity contribution in [1.29, 1.82) is 0 Å². The van der Waals surface area contributed by atoms with Crippen molar-refractivity contribution < 1.29 is 0 Å². The van der Waals surface area contributed by atoms with Crippen molar-refractivity contribution in [1.82, 2.24) is 0 Å². The van der Waals surface area contributed by atoms with Crippen LogP contribution in [0, 0.1) is 5.92 Å². The summed E-state index contributed by atoms with van der Waals surface area (Å²) in [6.07, 6.45) is 44.9. The Bertz CT molecular complexity index is 366. The molecule has 1 unspecified atom stereocenters. The molecule has 0 saturated heterocycles. The first-order valence-corrected chi connectivity index (χ1v) is 17.5. The van der Waals surface area contributed by atoms with Crippen molar-refractivity contribution in [2.75, 3.05) is 6.54 Å². The first-order valence-electron chi connectivity index (χ1n) is 17.5. The molecule has 0 rings (SSSR count). The molecule has 36 heavy (non-hydrogen) atoms. The molecule has 0 amide bonds. The zero-order valence-corrected chi connectivity index (χ0v) is 25.8. The SMILES string of the molecule is CCCCCCCCCCCCCCCCCC(CN)CCCCCCCCCCCCCCCC. The third-order valence-electron chi connectivity index (χ3n) is 8.52. The Morgan fingerprint density at radius 1 is 0.306 bits per heavy atom. The standard InChI is InChI=1S/C35H73N/c1-3-5-7-9-11-13-15-17-19-21-23-25-27-29-31-33-35(34-36)32-30-28-26-24-22-20-18-16-14-12-10-8-6-4-2/h35H,3-34,36H2,1-2H3. The van der Waals surface area contributed by atoms with Crippen molar-refractivity contribution in [2.45, 2.75) is 213 Å². The van der Waals surface area contributed by atoms with Gasteiger partial charge in [0.1, 0.15) is 0 Å². The smallest absolute Gasteiger partial charge is 0.00489 e. The van der Waals surface area contributed by atoms with E-state index in [2.05, 4.69) is 13.8 Å². The Morgan fingerprint density at radius 2 is 0.500 bits per heavy atom. The molecule has 0 saturated carbocycles. The molecule has 1 heteroatoms. The van der Waals surface area contributed by atoms with Crippen LogP contribution in [0.15, 0.2) is 0 Å². The van der Waals surface area contributed by atoms with Gasteiger partial charge in [0.2, 0.25) is 0 Å². The van der Waals surface area contributed by atoms with Gasteiger partial charge in [-0.2, -0.15) is 0 Å². The molecule has 0 spiro atoms. The molecule has 0 heterocycles. The van der Waals surface area contributed by atoms with Gasteiger partial charge in [0.05, 0.1) is 0 Å². The van der Waals surface area contributed by atoms with Crippen molar-refractivity contribution in [3.63, 3.8) is 0 Å². The monoisotopic (exact) mass is 508 g/mol. The van der Waals surface area contributed by atoms with Crippen molar-refractivity contribution in [2.24, 2.45) is 11.7 Å². The number of rotatable bonds is 32. The molecule has 1 nitrogen and oxygen atoms in total. The fourth-order valence-corrected chi connectivity index (χ4v) is 5.81. The highest BCUT2D eigenvalue weighted by Crippen LogP contribution is 2.19. The van der Waals surface area contributed by atoms with E-state index in [0.717, 1.165) is 12.5 Å². The number of hydrogen-bond donors (Lipinski definition) is 1. The van der Waals surface area contributed by atoms with Gasteiger partial charge < -0.3 is 5.73 Å². The molecule has 0 aromatic heterocycles. The minimum atomic E-state index is 0.796. The molecule has 0 aliphatic heterocycles. The van der Waals surface area contributed by atoms with E-state index in [1.54, 1.807) is 0 Å². The van der Waals surface area contributed by atoms with Crippen molar-refractivity contribution in [3.8, 4) is 0 Å². The maximum Gasteiger partial charge on any atom is -0.00489 e. The lowest BCUT2D eigenvalue weighted by Gasteiger charge is -2.14. The third-order valence-corrected chi connectivity index (χ3v) is 8.52. The van der Waals surface area contributed by atoms with Gasteiger partial charge in [-0.3, -0.25) is 0 Å². The van der Waals surface area contributed by atoms with Gasteiger partial charge in [-0.05, 0) is 25.3 Å². The predicted molar refractivity (Wildman–Crippen MR) is 167 cm³/mol. The average Bonchev–Trinajstić information content (AvgIpc) is 2.89. The second kappa shape index (κ2) is 33.0. The number of hydrogen-bond acceptors (Lipinski definition) is 1. The Hall–Kier alpha value is -0.0400. The molecule has 1 atom stereocenters. The summed E-state index contributed by atoms with van der Waals surface area (Å²) in [5, 5.41) is 0. The zero-order chi connectivity index (χ0) is 26.2. The van der Waals surface area contributed by atoms with E-state index in [1.165, 1.54) is 199 Å². The number of nitrogens with two attached hydrogens (primary N) is 1. The maximum atomic E-state index is 6.09. The molecular formula is C35H73N. The molecule has 0 aromatic carbocycles. The van der Waals surface area contributed by atoms with Crippen LogP contribution in [0.1, 0.15) is 213 Å². The highest BCUT2D eigenvalue weighted by molar-refractivity contribution is 4.61. The summed E-state index contributed by atoms with van der Waals surface area (Å²) in [7, 11) is 0. The largest absolute Gasteiger partial charge is 0.330 e. The van der Waals surface area contributed by atoms with E-state index < -0.39 is 0 Å². The Morgan fingerprint density at radius 3 is 0.694 bits per heavy atom. The molecule has 0 aliphatic rings. The van der Waals surface area contributed by atoms with E-state index >= 15 is 0 Å². The fourth-order valence-electron chi connectivity index (χ4n) is 5.81. The normalized spacial score (nSPS) is 12.4. The second-order valence-electron chi connectivity index (χ2n) is 12.2. The minimum Gasteiger partial charge on any atom is -0.330 e. The van der Waals surface area contributed by atoms with E-state index in [4.69, 9.17) is 5.73 Å². The van der Waals surface area contributed by atoms with Crippen LogP contribution in [-0.2, 0) is 0 Å². The Kier molecular flexibility index (Phi) is 33.0. The van der Waals surface area contributed by atoms with E-state index in [-0.39, 0.29) is 0 Å². The first-order chi connectivity index (χ1) is 17.8. The van der Waals surface area contributed by atoms with Gasteiger partial charge in [0.25, 0.3) is 0 Å². The van der Waals surface area contributed by atoms with Crippen LogP contribution in [0.4, 0.5) is 0 Å². The summed E-state index contributed by atoms with van der Waals surface area (Å²) in [5.74, 6) is 0.796. The summed E-state index contributed by atoms with van der Waals surface area (Å²) in [6.45, 7) is 5.52. The molecule has 2 N–H and O–H groups in total. The van der Waals surface area contributed by atoms with Crippen molar-refractivity contribution in [3.05, 3.63) is 0 Å². The second-order valence-corrected chi connectivity index (χ2v) is 12.2. The lowest BCUT2D eigenvalue weighted by Crippen LogP contribution is -2.14. The molecule has 0 aromatic rings. The van der Waals surface area contributed by atoms with Crippen LogP contribution in [0.2, 0.25) is 0 Å². The molecule has 0 aliphatic carbocycles. The van der Waals surface area contributed by atoms with Crippen LogP contribution in [0.3, 0.4) is 0 Å². The average molecular weight is 508 g/mol. The molecule has 0 radical (unpaired) electrons. The van der Waals surface area contributed by atoms with E-state index in [9.17, 15) is 0 Å². The number of unbranched alkanes of at least 4 members (excludes halogenated alkanes) is 27. The quantitative estimate of drug-likeness (QED) is 0.0900. The van der Waals surface area contributed by atoms with Gasteiger partial charge >= 0.3 is 0 Å².